The summed E-state index contributed by atoms with van der Waals surface area (Å²) < 4.78 is 20.2. The van der Waals surface area contributed by atoms with Gasteiger partial charge in [-0.3, -0.25) is 9.59 Å². The van der Waals surface area contributed by atoms with Gasteiger partial charge in [0, 0.05) is 32.6 Å². The summed E-state index contributed by atoms with van der Waals surface area (Å²) in [7, 11) is 0. The Hall–Kier alpha value is -2.93. The van der Waals surface area contributed by atoms with E-state index in [1.807, 2.05) is 38.1 Å². The van der Waals surface area contributed by atoms with Gasteiger partial charge in [0.1, 0.15) is 17.3 Å². The average Bonchev–Trinajstić information content (AvgIpc) is 2.76. The number of nitrogens with zero attached hydrogens (tertiary/aromatic N) is 2. The largest absolute Gasteiger partial charge is 0.457 e. The SMILES string of the molecule is CC(C)CC(=O)N1CCN(C(=O)c2cc(Oc3ccc(CCN)cc3)ccc2F)CC1. The standard InChI is InChI=1S/C24H30FN3O3/c1-17(2)15-23(29)27-11-13-28(14-12-27)24(30)21-16-20(7-8-22(21)25)31-19-5-3-18(4-6-19)9-10-26/h3-8,16-17H,9-15,26H2,1-2H3. The van der Waals surface area contributed by atoms with Crippen LogP contribution >= 0.6 is 0 Å². The molecule has 1 aliphatic rings. The Bertz CT molecular complexity index is 907. The van der Waals surface area contributed by atoms with E-state index < -0.39 is 11.7 Å². The third-order valence-electron chi connectivity index (χ3n) is 5.26. The minimum Gasteiger partial charge on any atom is -0.457 e. The third-order valence-corrected chi connectivity index (χ3v) is 5.26. The first-order valence-electron chi connectivity index (χ1n) is 10.7. The summed E-state index contributed by atoms with van der Waals surface area (Å²) in [5, 5.41) is 0. The van der Waals surface area contributed by atoms with Gasteiger partial charge in [-0.05, 0) is 54.8 Å². The maximum absolute atomic E-state index is 14.4. The molecule has 0 aliphatic carbocycles. The van der Waals surface area contributed by atoms with Crippen molar-refractivity contribution in [2.75, 3.05) is 32.7 Å². The Morgan fingerprint density at radius 3 is 2.23 bits per heavy atom. The number of carbonyl (C=O) groups excluding carboxylic acids is 2. The maximum atomic E-state index is 14.4. The number of hydrogen-bond acceptors (Lipinski definition) is 4. The van der Waals surface area contributed by atoms with Gasteiger partial charge in [0.05, 0.1) is 5.56 Å². The first-order valence-corrected chi connectivity index (χ1v) is 10.7. The molecule has 2 N–H and O–H groups in total. The molecule has 1 aliphatic heterocycles. The zero-order valence-electron chi connectivity index (χ0n) is 18.1. The highest BCUT2D eigenvalue weighted by atomic mass is 19.1. The molecule has 0 unspecified atom stereocenters. The lowest BCUT2D eigenvalue weighted by atomic mass is 10.1. The van der Waals surface area contributed by atoms with Gasteiger partial charge in [0.15, 0.2) is 0 Å². The Balaban J connectivity index is 1.64. The van der Waals surface area contributed by atoms with Gasteiger partial charge in [-0.25, -0.2) is 4.39 Å². The van der Waals surface area contributed by atoms with Crippen LogP contribution in [0.5, 0.6) is 11.5 Å². The first kappa shape index (κ1) is 22.7. The smallest absolute Gasteiger partial charge is 0.257 e. The molecule has 31 heavy (non-hydrogen) atoms. The van der Waals surface area contributed by atoms with Crippen molar-refractivity contribution in [1.82, 2.24) is 9.80 Å². The minimum absolute atomic E-state index is 0.0285. The maximum Gasteiger partial charge on any atom is 0.257 e. The topological polar surface area (TPSA) is 75.9 Å². The molecular formula is C24H30FN3O3. The lowest BCUT2D eigenvalue weighted by molar-refractivity contribution is -0.133. The molecule has 0 atom stereocenters. The van der Waals surface area contributed by atoms with Gasteiger partial charge in [-0.1, -0.05) is 26.0 Å². The molecule has 2 amide bonds. The van der Waals surface area contributed by atoms with Crippen LogP contribution in [0.4, 0.5) is 4.39 Å². The molecule has 1 fully saturated rings. The molecule has 3 rings (SSSR count). The van der Waals surface area contributed by atoms with Crippen LogP contribution < -0.4 is 10.5 Å². The van der Waals surface area contributed by atoms with Crippen LogP contribution in [0.3, 0.4) is 0 Å². The molecule has 0 radical (unpaired) electrons. The monoisotopic (exact) mass is 427 g/mol. The summed E-state index contributed by atoms with van der Waals surface area (Å²) in [6, 6.07) is 11.7. The normalized spacial score (nSPS) is 14.1. The van der Waals surface area contributed by atoms with E-state index in [0.717, 1.165) is 12.0 Å². The molecule has 2 aromatic carbocycles. The number of nitrogens with two attached hydrogens (primary N) is 1. The first-order chi connectivity index (χ1) is 14.9. The summed E-state index contributed by atoms with van der Waals surface area (Å²) >= 11 is 0. The molecule has 2 aromatic rings. The van der Waals surface area contributed by atoms with Gasteiger partial charge < -0.3 is 20.3 Å². The van der Waals surface area contributed by atoms with E-state index in [-0.39, 0.29) is 11.5 Å². The summed E-state index contributed by atoms with van der Waals surface area (Å²) in [5.74, 6) is 0.401. The van der Waals surface area contributed by atoms with E-state index in [9.17, 15) is 14.0 Å². The molecule has 0 saturated carbocycles. The summed E-state index contributed by atoms with van der Waals surface area (Å²) in [6.07, 6.45) is 1.28. The van der Waals surface area contributed by atoms with Crippen LogP contribution in [0.15, 0.2) is 42.5 Å². The zero-order valence-corrected chi connectivity index (χ0v) is 18.1. The fourth-order valence-electron chi connectivity index (χ4n) is 3.57. The van der Waals surface area contributed by atoms with E-state index in [0.29, 0.717) is 56.6 Å². The fraction of sp³-hybridized carbons (Fsp3) is 0.417. The van der Waals surface area contributed by atoms with E-state index in [1.165, 1.54) is 18.2 Å². The van der Waals surface area contributed by atoms with E-state index in [4.69, 9.17) is 10.5 Å². The van der Waals surface area contributed by atoms with Crippen LogP contribution in [0, 0.1) is 11.7 Å². The van der Waals surface area contributed by atoms with Gasteiger partial charge in [-0.2, -0.15) is 0 Å². The molecule has 166 valence electrons. The van der Waals surface area contributed by atoms with Gasteiger partial charge in [-0.15, -0.1) is 0 Å². The fourth-order valence-corrected chi connectivity index (χ4v) is 3.57. The summed E-state index contributed by atoms with van der Waals surface area (Å²) in [5.41, 5.74) is 6.64. The number of rotatable bonds is 7. The number of hydrogen-bond donors (Lipinski definition) is 1. The van der Waals surface area contributed by atoms with Crippen LogP contribution in [0.1, 0.15) is 36.2 Å². The Morgan fingerprint density at radius 1 is 1.00 bits per heavy atom. The van der Waals surface area contributed by atoms with Gasteiger partial charge in [0.25, 0.3) is 5.91 Å². The molecule has 6 nitrogen and oxygen atoms in total. The summed E-state index contributed by atoms with van der Waals surface area (Å²) in [6.45, 7) is 6.28. The number of benzene rings is 2. The quantitative estimate of drug-likeness (QED) is 0.734. The average molecular weight is 428 g/mol. The van der Waals surface area contributed by atoms with Crippen molar-refractivity contribution >= 4 is 11.8 Å². The van der Waals surface area contributed by atoms with Crippen molar-refractivity contribution in [1.29, 1.82) is 0 Å². The predicted octanol–water partition coefficient (Wildman–Crippen LogP) is 3.45. The molecule has 0 spiro atoms. The van der Waals surface area contributed by atoms with E-state index in [1.54, 1.807) is 9.80 Å². The number of amides is 2. The lowest BCUT2D eigenvalue weighted by Gasteiger charge is -2.35. The molecule has 7 heteroatoms. The molecular weight excluding hydrogens is 397 g/mol. The number of ether oxygens (including phenoxy) is 1. The van der Waals surface area contributed by atoms with Gasteiger partial charge in [0.2, 0.25) is 5.91 Å². The van der Waals surface area contributed by atoms with Crippen LogP contribution in [0.25, 0.3) is 0 Å². The summed E-state index contributed by atoms with van der Waals surface area (Å²) in [4.78, 5) is 28.5. The number of carbonyl (C=O) groups is 2. The Labute approximate surface area is 182 Å². The van der Waals surface area contributed by atoms with E-state index >= 15 is 0 Å². The zero-order chi connectivity index (χ0) is 22.4. The molecule has 1 saturated heterocycles. The second-order valence-electron chi connectivity index (χ2n) is 8.20. The Morgan fingerprint density at radius 2 is 1.61 bits per heavy atom. The minimum atomic E-state index is -0.589. The lowest BCUT2D eigenvalue weighted by Crippen LogP contribution is -2.50. The highest BCUT2D eigenvalue weighted by Gasteiger charge is 2.26. The van der Waals surface area contributed by atoms with Crippen molar-refractivity contribution in [2.45, 2.75) is 26.7 Å². The second-order valence-corrected chi connectivity index (χ2v) is 8.20. The Kier molecular flexibility index (Phi) is 7.63. The molecule has 0 aromatic heterocycles. The highest BCUT2D eigenvalue weighted by molar-refractivity contribution is 5.95. The van der Waals surface area contributed by atoms with Crippen LogP contribution in [0.2, 0.25) is 0 Å². The van der Waals surface area contributed by atoms with Crippen molar-refractivity contribution < 1.29 is 18.7 Å². The highest BCUT2D eigenvalue weighted by Crippen LogP contribution is 2.25. The van der Waals surface area contributed by atoms with Crippen LogP contribution in [-0.2, 0) is 11.2 Å². The van der Waals surface area contributed by atoms with Crippen LogP contribution in [-0.4, -0.2) is 54.3 Å². The van der Waals surface area contributed by atoms with Crippen molar-refractivity contribution in [3.05, 3.63) is 59.4 Å². The second kappa shape index (κ2) is 10.4. The van der Waals surface area contributed by atoms with Crippen molar-refractivity contribution in [2.24, 2.45) is 11.7 Å². The number of halogens is 1. The molecule has 1 heterocycles. The van der Waals surface area contributed by atoms with E-state index in [2.05, 4.69) is 0 Å². The van der Waals surface area contributed by atoms with Gasteiger partial charge >= 0.3 is 0 Å². The predicted molar refractivity (Wildman–Crippen MR) is 118 cm³/mol. The van der Waals surface area contributed by atoms with Crippen molar-refractivity contribution in [3.63, 3.8) is 0 Å². The number of piperazine rings is 1. The third kappa shape index (κ3) is 6.04. The van der Waals surface area contributed by atoms with Crippen molar-refractivity contribution in [3.8, 4) is 11.5 Å². The molecule has 0 bridgehead atoms.